The molecule has 0 spiro atoms. The fourth-order valence-corrected chi connectivity index (χ4v) is 6.87. The van der Waals surface area contributed by atoms with Crippen LogP contribution >= 0.6 is 24.0 Å². The highest BCUT2D eigenvalue weighted by Crippen LogP contribution is 2.27. The first kappa shape index (κ1) is 28.4. The van der Waals surface area contributed by atoms with Gasteiger partial charge in [-0.15, -0.1) is 12.4 Å². The molecule has 2 aromatic carbocycles. The summed E-state index contributed by atoms with van der Waals surface area (Å²) >= 11 is 6.30. The summed E-state index contributed by atoms with van der Waals surface area (Å²) in [7, 11) is -1.85. The molecule has 0 saturated carbocycles. The van der Waals surface area contributed by atoms with Crippen molar-refractivity contribution < 1.29 is 8.42 Å². The zero-order valence-electron chi connectivity index (χ0n) is 20.7. The molecule has 2 aliphatic rings. The van der Waals surface area contributed by atoms with E-state index in [1.54, 1.807) is 31.3 Å². The third-order valence-corrected chi connectivity index (χ3v) is 9.58. The number of sulfonamides is 1. The Hall–Kier alpha value is -1.15. The van der Waals surface area contributed by atoms with Crippen molar-refractivity contribution in [3.63, 3.8) is 0 Å². The normalized spacial score (nSPS) is 19.4. The van der Waals surface area contributed by atoms with Gasteiger partial charge >= 0.3 is 0 Å². The van der Waals surface area contributed by atoms with Crippen molar-refractivity contribution in [2.75, 3.05) is 46.3 Å². The summed E-state index contributed by atoms with van der Waals surface area (Å²) < 4.78 is 27.8. The Morgan fingerprint density at radius 2 is 1.66 bits per heavy atom. The monoisotopic (exact) mass is 539 g/mol. The van der Waals surface area contributed by atoms with Gasteiger partial charge < -0.3 is 9.80 Å². The first-order valence-corrected chi connectivity index (χ1v) is 14.5. The first-order valence-electron chi connectivity index (χ1n) is 12.7. The Bertz CT molecular complexity index is 1010. The molecular weight excluding hydrogens is 501 g/mol. The summed E-state index contributed by atoms with van der Waals surface area (Å²) in [6.45, 7) is 6.20. The Morgan fingerprint density at radius 1 is 0.971 bits per heavy atom. The maximum absolute atomic E-state index is 13.1. The van der Waals surface area contributed by atoms with Gasteiger partial charge in [-0.25, -0.2) is 12.7 Å². The van der Waals surface area contributed by atoms with Crippen molar-refractivity contribution in [1.29, 1.82) is 0 Å². The zero-order valence-corrected chi connectivity index (χ0v) is 23.1. The average Bonchev–Trinajstić information content (AvgIpc) is 2.87. The Morgan fingerprint density at radius 3 is 2.31 bits per heavy atom. The van der Waals surface area contributed by atoms with E-state index in [0.29, 0.717) is 16.5 Å². The van der Waals surface area contributed by atoms with Crippen LogP contribution in [0.1, 0.15) is 50.0 Å². The lowest BCUT2D eigenvalue weighted by molar-refractivity contribution is 0.0910. The van der Waals surface area contributed by atoms with Crippen molar-refractivity contribution in [2.24, 2.45) is 0 Å². The Kier molecular flexibility index (Phi) is 10.9. The van der Waals surface area contributed by atoms with Gasteiger partial charge in [0.15, 0.2) is 0 Å². The van der Waals surface area contributed by atoms with Crippen molar-refractivity contribution in [3.8, 4) is 0 Å². The molecule has 5 nitrogen and oxygen atoms in total. The maximum atomic E-state index is 13.1. The Labute approximate surface area is 222 Å². The average molecular weight is 541 g/mol. The van der Waals surface area contributed by atoms with Crippen molar-refractivity contribution in [2.45, 2.75) is 55.4 Å². The van der Waals surface area contributed by atoms with Gasteiger partial charge in [-0.1, -0.05) is 48.4 Å². The topological polar surface area (TPSA) is 43.9 Å². The molecule has 4 rings (SSSR count). The van der Waals surface area contributed by atoms with Gasteiger partial charge in [0.1, 0.15) is 0 Å². The van der Waals surface area contributed by atoms with E-state index in [-0.39, 0.29) is 18.3 Å². The van der Waals surface area contributed by atoms with E-state index in [0.717, 1.165) is 37.7 Å². The Balaban J connectivity index is 0.00000342. The number of rotatable bonds is 9. The summed E-state index contributed by atoms with van der Waals surface area (Å²) in [6.07, 6.45) is 7.47. The number of likely N-dealkylation sites (tertiary alicyclic amines) is 2. The standard InChI is InChI=1S/C27H38ClN3O2S.ClH/c1-29(34(32,33)27-11-4-2-5-12-27)22-24(23-9-8-10-25(28)21-23)13-18-30-19-14-26(15-20-30)31-16-6-3-7-17-31;/h2,4-5,8-12,21,24,26H,3,6-7,13-20,22H2,1H3;1H/t24-;/m1./s1. The van der Waals surface area contributed by atoms with Crippen LogP contribution < -0.4 is 0 Å². The fourth-order valence-electron chi connectivity index (χ4n) is 5.43. The van der Waals surface area contributed by atoms with Gasteiger partial charge in [-0.3, -0.25) is 0 Å². The van der Waals surface area contributed by atoms with Gasteiger partial charge in [-0.05, 0) is 101 Å². The van der Waals surface area contributed by atoms with E-state index in [9.17, 15) is 8.42 Å². The lowest BCUT2D eigenvalue weighted by atomic mass is 9.94. The van der Waals surface area contributed by atoms with Crippen LogP contribution in [0, 0.1) is 0 Å². The van der Waals surface area contributed by atoms with Gasteiger partial charge in [0.05, 0.1) is 4.90 Å². The highest BCUT2D eigenvalue weighted by Gasteiger charge is 2.28. The summed E-state index contributed by atoms with van der Waals surface area (Å²) in [6, 6.07) is 17.3. The molecule has 0 aromatic heterocycles. The van der Waals surface area contributed by atoms with E-state index in [1.807, 2.05) is 24.3 Å². The predicted octanol–water partition coefficient (Wildman–Crippen LogP) is 5.51. The summed E-state index contributed by atoms with van der Waals surface area (Å²) in [5, 5.41) is 0.693. The molecule has 0 radical (unpaired) electrons. The predicted molar refractivity (Wildman–Crippen MR) is 147 cm³/mol. The third-order valence-electron chi connectivity index (χ3n) is 7.51. The summed E-state index contributed by atoms with van der Waals surface area (Å²) in [4.78, 5) is 5.60. The number of benzene rings is 2. The van der Waals surface area contributed by atoms with Crippen molar-refractivity contribution >= 4 is 34.0 Å². The minimum absolute atomic E-state index is 0. The number of hydrogen-bond acceptors (Lipinski definition) is 4. The molecule has 0 amide bonds. The smallest absolute Gasteiger partial charge is 0.242 e. The molecule has 0 N–H and O–H groups in total. The van der Waals surface area contributed by atoms with Gasteiger partial charge in [-0.2, -0.15) is 0 Å². The second-order valence-corrected chi connectivity index (χ2v) is 12.3. The van der Waals surface area contributed by atoms with Crippen LogP contribution in [0.2, 0.25) is 5.02 Å². The van der Waals surface area contributed by atoms with Gasteiger partial charge in [0, 0.05) is 24.7 Å². The minimum Gasteiger partial charge on any atom is -0.303 e. The van der Waals surface area contributed by atoms with Gasteiger partial charge in [0.25, 0.3) is 0 Å². The molecule has 2 aromatic rings. The molecule has 2 saturated heterocycles. The number of hydrogen-bond donors (Lipinski definition) is 0. The number of piperidine rings is 2. The van der Waals surface area contributed by atoms with Crippen LogP contribution in [-0.2, 0) is 10.0 Å². The molecule has 2 fully saturated rings. The van der Waals surface area contributed by atoms with Crippen molar-refractivity contribution in [1.82, 2.24) is 14.1 Å². The van der Waals surface area contributed by atoms with Crippen LogP contribution in [0.25, 0.3) is 0 Å². The van der Waals surface area contributed by atoms with Crippen LogP contribution in [0.3, 0.4) is 0 Å². The third kappa shape index (κ3) is 7.67. The second kappa shape index (κ2) is 13.4. The molecule has 35 heavy (non-hydrogen) atoms. The molecule has 0 bridgehead atoms. The number of likely N-dealkylation sites (N-methyl/N-ethyl adjacent to an activating group) is 1. The van der Waals surface area contributed by atoms with Crippen LogP contribution in [-0.4, -0.2) is 74.9 Å². The van der Waals surface area contributed by atoms with E-state index in [2.05, 4.69) is 15.9 Å². The molecule has 0 unspecified atom stereocenters. The van der Waals surface area contributed by atoms with Crippen LogP contribution in [0.5, 0.6) is 0 Å². The number of nitrogens with zero attached hydrogens (tertiary/aromatic N) is 3. The quantitative estimate of drug-likeness (QED) is 0.421. The molecule has 2 aliphatic heterocycles. The van der Waals surface area contributed by atoms with Gasteiger partial charge in [0.2, 0.25) is 10.0 Å². The highest BCUT2D eigenvalue weighted by molar-refractivity contribution is 7.89. The lowest BCUT2D eigenvalue weighted by Crippen LogP contribution is -2.47. The largest absolute Gasteiger partial charge is 0.303 e. The molecular formula is C27H39Cl2N3O2S. The lowest BCUT2D eigenvalue weighted by Gasteiger charge is -2.40. The van der Waals surface area contributed by atoms with E-state index in [4.69, 9.17) is 11.6 Å². The van der Waals surface area contributed by atoms with E-state index < -0.39 is 10.0 Å². The second-order valence-electron chi connectivity index (χ2n) is 9.81. The summed E-state index contributed by atoms with van der Waals surface area (Å²) in [5.74, 6) is 0.0852. The van der Waals surface area contributed by atoms with E-state index in [1.165, 1.54) is 49.5 Å². The zero-order chi connectivity index (χ0) is 24.0. The fraction of sp³-hybridized carbons (Fsp3) is 0.556. The molecule has 2 heterocycles. The molecule has 0 aliphatic carbocycles. The van der Waals surface area contributed by atoms with Crippen LogP contribution in [0.4, 0.5) is 0 Å². The summed E-state index contributed by atoms with van der Waals surface area (Å²) in [5.41, 5.74) is 1.10. The minimum atomic E-state index is -3.53. The number of halogens is 2. The molecule has 1 atom stereocenters. The van der Waals surface area contributed by atoms with Crippen LogP contribution in [0.15, 0.2) is 59.5 Å². The maximum Gasteiger partial charge on any atom is 0.242 e. The highest BCUT2D eigenvalue weighted by atomic mass is 35.5. The first-order chi connectivity index (χ1) is 16.4. The van der Waals surface area contributed by atoms with Crippen molar-refractivity contribution in [3.05, 3.63) is 65.2 Å². The van der Waals surface area contributed by atoms with E-state index >= 15 is 0 Å². The molecule has 8 heteroatoms. The molecule has 194 valence electrons. The SMILES string of the molecule is CN(C[C@@H](CCN1CCC(N2CCCCC2)CC1)c1cccc(Cl)c1)S(=O)(=O)c1ccccc1.Cl.